The number of aliphatic hydroxyl groups is 2. The smallest absolute Gasteiger partial charge is 0.193 e. The van der Waals surface area contributed by atoms with Gasteiger partial charge < -0.3 is 15.1 Å². The summed E-state index contributed by atoms with van der Waals surface area (Å²) in [6.45, 7) is 8.18. The summed E-state index contributed by atoms with van der Waals surface area (Å²) in [6.07, 6.45) is 8.34. The van der Waals surface area contributed by atoms with Gasteiger partial charge in [0.1, 0.15) is 0 Å². The van der Waals surface area contributed by atoms with Gasteiger partial charge in [-0.05, 0) is 95.0 Å². The summed E-state index contributed by atoms with van der Waals surface area (Å²) >= 11 is 0. The standard InChI is InChI=1S/C33H45NO3/c1-5-20-34(4)23-33(37)19-17-30-28-16-14-25(22-29(28)31(36)26-11-7-6-8-12-26)21-27(35)15-13-24(2)10-9-18-32(30,33)3/h6-8,10-12,14,16,22,27,30,35,37H,5,9,13,15,17-21,23H2,1-4H3. The van der Waals surface area contributed by atoms with Crippen LogP contribution in [0.4, 0.5) is 0 Å². The molecule has 200 valence electrons. The molecule has 4 atom stereocenters. The van der Waals surface area contributed by atoms with Crippen molar-refractivity contribution in [2.45, 2.75) is 89.8 Å². The van der Waals surface area contributed by atoms with Crippen LogP contribution in [0.5, 0.6) is 0 Å². The van der Waals surface area contributed by atoms with Gasteiger partial charge in [-0.15, -0.1) is 0 Å². The molecular formula is C33H45NO3. The highest BCUT2D eigenvalue weighted by Crippen LogP contribution is 2.58. The van der Waals surface area contributed by atoms with E-state index >= 15 is 0 Å². The molecule has 1 fully saturated rings. The topological polar surface area (TPSA) is 60.8 Å². The minimum absolute atomic E-state index is 0.0238. The summed E-state index contributed by atoms with van der Waals surface area (Å²) in [7, 11) is 2.11. The SMILES string of the molecule is CCCN(C)CC1(O)CCC2c3ccc(cc3C(=O)c3ccccc3)CC(O)CCC(C)=CCCC21C. The van der Waals surface area contributed by atoms with Crippen LogP contribution in [-0.2, 0) is 6.42 Å². The highest BCUT2D eigenvalue weighted by Gasteiger charge is 2.57. The van der Waals surface area contributed by atoms with E-state index in [1.54, 1.807) is 0 Å². The first-order chi connectivity index (χ1) is 17.7. The van der Waals surface area contributed by atoms with Crippen LogP contribution in [0.2, 0.25) is 0 Å². The average molecular weight is 504 g/mol. The Morgan fingerprint density at radius 1 is 1.11 bits per heavy atom. The number of likely N-dealkylation sites (N-methyl/N-ethyl adjacent to an activating group) is 1. The Morgan fingerprint density at radius 3 is 2.59 bits per heavy atom. The van der Waals surface area contributed by atoms with Gasteiger partial charge in [-0.2, -0.15) is 0 Å². The van der Waals surface area contributed by atoms with Crippen molar-refractivity contribution < 1.29 is 15.0 Å². The molecule has 1 saturated carbocycles. The zero-order valence-corrected chi connectivity index (χ0v) is 23.2. The fourth-order valence-electron chi connectivity index (χ4n) is 6.85. The molecule has 2 bridgehead atoms. The molecule has 37 heavy (non-hydrogen) atoms. The van der Waals surface area contributed by atoms with E-state index in [-0.39, 0.29) is 17.1 Å². The summed E-state index contributed by atoms with van der Waals surface area (Å²) in [5.74, 6) is 0.0986. The second kappa shape index (κ2) is 11.6. The van der Waals surface area contributed by atoms with E-state index in [1.807, 2.05) is 36.4 Å². The van der Waals surface area contributed by atoms with Gasteiger partial charge >= 0.3 is 0 Å². The molecule has 0 heterocycles. The van der Waals surface area contributed by atoms with Crippen LogP contribution >= 0.6 is 0 Å². The molecule has 4 unspecified atom stereocenters. The molecule has 0 aliphatic heterocycles. The average Bonchev–Trinajstić information content (AvgIpc) is 3.12. The predicted octanol–water partition coefficient (Wildman–Crippen LogP) is 6.30. The highest BCUT2D eigenvalue weighted by molar-refractivity contribution is 6.10. The number of aliphatic hydroxyl groups excluding tert-OH is 1. The molecule has 0 amide bonds. The molecule has 2 N–H and O–H groups in total. The van der Waals surface area contributed by atoms with Gasteiger partial charge in [0.05, 0.1) is 11.7 Å². The first-order valence-electron chi connectivity index (χ1n) is 14.1. The van der Waals surface area contributed by atoms with Gasteiger partial charge in [-0.1, -0.05) is 68.0 Å². The minimum Gasteiger partial charge on any atom is -0.393 e. The molecule has 0 radical (unpaired) electrons. The Hall–Kier alpha value is -2.27. The third kappa shape index (κ3) is 5.92. The quantitative estimate of drug-likeness (QED) is 0.359. The van der Waals surface area contributed by atoms with Crippen LogP contribution in [-0.4, -0.2) is 52.7 Å². The number of ketones is 1. The maximum absolute atomic E-state index is 13.9. The molecule has 0 spiro atoms. The summed E-state index contributed by atoms with van der Waals surface area (Å²) in [5.41, 5.74) is 3.54. The van der Waals surface area contributed by atoms with Gasteiger partial charge in [-0.3, -0.25) is 4.79 Å². The lowest BCUT2D eigenvalue weighted by Crippen LogP contribution is -2.51. The first-order valence-corrected chi connectivity index (χ1v) is 14.1. The maximum Gasteiger partial charge on any atom is 0.193 e. The molecule has 4 nitrogen and oxygen atoms in total. The normalized spacial score (nSPS) is 28.6. The molecular weight excluding hydrogens is 458 g/mol. The Morgan fingerprint density at radius 2 is 1.86 bits per heavy atom. The van der Waals surface area contributed by atoms with E-state index in [9.17, 15) is 15.0 Å². The molecule has 0 aromatic heterocycles. The molecule has 5 rings (SSSR count). The van der Waals surface area contributed by atoms with Crippen molar-refractivity contribution in [2.75, 3.05) is 20.1 Å². The Kier molecular flexibility index (Phi) is 8.73. The molecule has 4 heteroatoms. The van der Waals surface area contributed by atoms with E-state index in [1.165, 1.54) is 5.57 Å². The molecule has 2 aromatic carbocycles. The molecule has 0 saturated heterocycles. The van der Waals surface area contributed by atoms with E-state index in [0.29, 0.717) is 24.9 Å². The number of fused-ring (bicyclic) bond motifs is 8. The van der Waals surface area contributed by atoms with Crippen molar-refractivity contribution in [3.8, 4) is 0 Å². The van der Waals surface area contributed by atoms with Gasteiger partial charge in [0.25, 0.3) is 0 Å². The maximum atomic E-state index is 13.9. The van der Waals surface area contributed by atoms with E-state index in [4.69, 9.17) is 0 Å². The number of benzene rings is 2. The van der Waals surface area contributed by atoms with Crippen LogP contribution < -0.4 is 0 Å². The zero-order chi connectivity index (χ0) is 26.6. The Balaban J connectivity index is 1.83. The molecule has 3 aliphatic rings. The Labute approximate surface area is 223 Å². The number of carbonyl (C=O) groups is 1. The van der Waals surface area contributed by atoms with Crippen molar-refractivity contribution in [1.29, 1.82) is 0 Å². The lowest BCUT2D eigenvalue weighted by atomic mass is 9.64. The highest BCUT2D eigenvalue weighted by atomic mass is 16.3. The number of rotatable bonds is 6. The van der Waals surface area contributed by atoms with E-state index < -0.39 is 11.7 Å². The number of hydrogen-bond donors (Lipinski definition) is 2. The third-order valence-corrected chi connectivity index (χ3v) is 9.09. The predicted molar refractivity (Wildman–Crippen MR) is 151 cm³/mol. The van der Waals surface area contributed by atoms with Crippen LogP contribution in [0.25, 0.3) is 0 Å². The van der Waals surface area contributed by atoms with Gasteiger partial charge in [0.15, 0.2) is 5.78 Å². The molecule has 2 aromatic rings. The van der Waals surface area contributed by atoms with Crippen molar-refractivity contribution in [3.63, 3.8) is 0 Å². The number of nitrogens with zero attached hydrogens (tertiary/aromatic N) is 1. The zero-order valence-electron chi connectivity index (χ0n) is 23.2. The van der Waals surface area contributed by atoms with Gasteiger partial charge in [0, 0.05) is 23.1 Å². The molecule has 3 aliphatic carbocycles. The number of hydrogen-bond acceptors (Lipinski definition) is 4. The van der Waals surface area contributed by atoms with Crippen LogP contribution in [0.15, 0.2) is 60.2 Å². The van der Waals surface area contributed by atoms with E-state index in [0.717, 1.165) is 61.8 Å². The van der Waals surface area contributed by atoms with Crippen molar-refractivity contribution in [3.05, 3.63) is 82.4 Å². The van der Waals surface area contributed by atoms with Crippen LogP contribution in [0.1, 0.15) is 98.7 Å². The fourth-order valence-corrected chi connectivity index (χ4v) is 6.85. The summed E-state index contributed by atoms with van der Waals surface area (Å²) < 4.78 is 0. The van der Waals surface area contributed by atoms with Crippen LogP contribution in [0, 0.1) is 5.41 Å². The van der Waals surface area contributed by atoms with Crippen LogP contribution in [0.3, 0.4) is 0 Å². The summed E-state index contributed by atoms with van der Waals surface area (Å²) in [6, 6.07) is 15.7. The summed E-state index contributed by atoms with van der Waals surface area (Å²) in [5, 5.41) is 23.0. The lowest BCUT2D eigenvalue weighted by Gasteiger charge is -2.45. The van der Waals surface area contributed by atoms with Crippen molar-refractivity contribution in [1.82, 2.24) is 4.90 Å². The van der Waals surface area contributed by atoms with Crippen molar-refractivity contribution in [2.24, 2.45) is 5.41 Å². The second-order valence-electron chi connectivity index (χ2n) is 11.9. The van der Waals surface area contributed by atoms with E-state index in [2.05, 4.69) is 50.9 Å². The lowest BCUT2D eigenvalue weighted by molar-refractivity contribution is -0.0799. The summed E-state index contributed by atoms with van der Waals surface area (Å²) in [4.78, 5) is 16.2. The fraction of sp³-hybridized carbons (Fsp3) is 0.545. The second-order valence-corrected chi connectivity index (χ2v) is 11.9. The number of allylic oxidation sites excluding steroid dienone is 2. The largest absolute Gasteiger partial charge is 0.393 e. The van der Waals surface area contributed by atoms with Gasteiger partial charge in [0.2, 0.25) is 0 Å². The number of carbonyl (C=O) groups excluding carboxylic acids is 1. The first kappa shape index (κ1) is 27.8. The van der Waals surface area contributed by atoms with Crippen molar-refractivity contribution >= 4 is 5.78 Å². The third-order valence-electron chi connectivity index (χ3n) is 9.09. The monoisotopic (exact) mass is 503 g/mol. The van der Waals surface area contributed by atoms with Gasteiger partial charge in [-0.25, -0.2) is 0 Å². The Bertz CT molecular complexity index is 1110. The minimum atomic E-state index is -0.831.